The molecule has 0 spiro atoms. The Morgan fingerprint density at radius 3 is 2.54 bits per heavy atom. The average Bonchev–Trinajstić information content (AvgIpc) is 2.55. The highest BCUT2D eigenvalue weighted by Crippen LogP contribution is 2.30. The quantitative estimate of drug-likeness (QED) is 0.541. The SMILES string of the molecule is C=CC(C)C(O)C(C)C(OC)C(C)/C=C(\C)C1OC(=O)CCC1C. The maximum atomic E-state index is 11.6. The van der Waals surface area contributed by atoms with Gasteiger partial charge in [0.25, 0.3) is 0 Å². The number of hydrogen-bond donors (Lipinski definition) is 1. The Kier molecular flexibility index (Phi) is 8.17. The molecule has 0 bridgehead atoms. The van der Waals surface area contributed by atoms with E-state index in [1.165, 1.54) is 0 Å². The highest BCUT2D eigenvalue weighted by molar-refractivity contribution is 5.70. The molecule has 7 atom stereocenters. The standard InChI is InChI=1S/C20H34O4/c1-8-12(2)18(22)16(6)20(23-7)15(5)11-14(4)19-13(3)9-10-17(21)24-19/h8,11-13,15-16,18-20,22H,1,9-10H2,2-7H3/b14-11+. The van der Waals surface area contributed by atoms with Gasteiger partial charge < -0.3 is 14.6 Å². The normalized spacial score (nSPS) is 28.5. The number of methoxy groups -OCH3 is 1. The summed E-state index contributed by atoms with van der Waals surface area (Å²) in [4.78, 5) is 11.6. The first-order valence-corrected chi connectivity index (χ1v) is 8.94. The Labute approximate surface area is 146 Å². The second kappa shape index (κ2) is 9.38. The summed E-state index contributed by atoms with van der Waals surface area (Å²) in [5.41, 5.74) is 1.06. The fourth-order valence-electron chi connectivity index (χ4n) is 3.68. The molecule has 1 fully saturated rings. The predicted molar refractivity (Wildman–Crippen MR) is 96.5 cm³/mol. The van der Waals surface area contributed by atoms with E-state index in [1.807, 2.05) is 20.8 Å². The molecule has 4 heteroatoms. The van der Waals surface area contributed by atoms with Crippen LogP contribution in [0.25, 0.3) is 0 Å². The average molecular weight is 338 g/mol. The van der Waals surface area contributed by atoms with Crippen molar-refractivity contribution in [3.05, 3.63) is 24.3 Å². The number of rotatable bonds is 8. The lowest BCUT2D eigenvalue weighted by molar-refractivity contribution is -0.154. The zero-order valence-corrected chi connectivity index (χ0v) is 16.0. The van der Waals surface area contributed by atoms with Gasteiger partial charge in [0.1, 0.15) is 6.10 Å². The number of aliphatic hydroxyl groups excluding tert-OH is 1. The van der Waals surface area contributed by atoms with Gasteiger partial charge in [-0.1, -0.05) is 39.8 Å². The second-order valence-corrected chi connectivity index (χ2v) is 7.34. The molecule has 0 aromatic rings. The summed E-state index contributed by atoms with van der Waals surface area (Å²) in [5.74, 6) is 0.286. The van der Waals surface area contributed by atoms with Crippen LogP contribution in [0.4, 0.5) is 0 Å². The van der Waals surface area contributed by atoms with Crippen LogP contribution >= 0.6 is 0 Å². The fraction of sp³-hybridized carbons (Fsp3) is 0.750. The smallest absolute Gasteiger partial charge is 0.306 e. The van der Waals surface area contributed by atoms with Crippen LogP contribution in [-0.2, 0) is 14.3 Å². The van der Waals surface area contributed by atoms with E-state index in [2.05, 4.69) is 26.5 Å². The molecule has 24 heavy (non-hydrogen) atoms. The summed E-state index contributed by atoms with van der Waals surface area (Å²) in [6, 6.07) is 0. The van der Waals surface area contributed by atoms with Crippen molar-refractivity contribution in [1.82, 2.24) is 0 Å². The van der Waals surface area contributed by atoms with Gasteiger partial charge in [0.15, 0.2) is 0 Å². The van der Waals surface area contributed by atoms with Crippen LogP contribution in [0.5, 0.6) is 0 Å². The van der Waals surface area contributed by atoms with Gasteiger partial charge in [-0.05, 0) is 24.8 Å². The maximum absolute atomic E-state index is 11.6. The maximum Gasteiger partial charge on any atom is 0.306 e. The summed E-state index contributed by atoms with van der Waals surface area (Å²) < 4.78 is 11.2. The van der Waals surface area contributed by atoms with Gasteiger partial charge in [0, 0.05) is 31.3 Å². The molecule has 1 rings (SSSR count). The largest absolute Gasteiger partial charge is 0.458 e. The molecule has 7 unspecified atom stereocenters. The van der Waals surface area contributed by atoms with Gasteiger partial charge in [0.05, 0.1) is 12.2 Å². The first-order valence-electron chi connectivity index (χ1n) is 8.94. The Bertz CT molecular complexity index is 457. The summed E-state index contributed by atoms with van der Waals surface area (Å²) in [6.45, 7) is 13.9. The molecule has 1 aliphatic heterocycles. The lowest BCUT2D eigenvalue weighted by Crippen LogP contribution is -2.38. The number of carbonyl (C=O) groups excluding carboxylic acids is 1. The molecule has 4 nitrogen and oxygen atoms in total. The molecule has 1 heterocycles. The molecule has 1 aliphatic rings. The summed E-state index contributed by atoms with van der Waals surface area (Å²) >= 11 is 0. The number of ether oxygens (including phenoxy) is 2. The Morgan fingerprint density at radius 1 is 1.38 bits per heavy atom. The van der Waals surface area contributed by atoms with E-state index >= 15 is 0 Å². The van der Waals surface area contributed by atoms with Crippen molar-refractivity contribution < 1.29 is 19.4 Å². The third-order valence-corrected chi connectivity index (χ3v) is 5.31. The van der Waals surface area contributed by atoms with Crippen molar-refractivity contribution in [2.45, 2.75) is 65.8 Å². The highest BCUT2D eigenvalue weighted by Gasteiger charge is 2.32. The minimum atomic E-state index is -0.505. The van der Waals surface area contributed by atoms with E-state index in [9.17, 15) is 9.90 Å². The number of hydrogen-bond acceptors (Lipinski definition) is 4. The molecule has 0 aromatic heterocycles. The van der Waals surface area contributed by atoms with E-state index in [0.29, 0.717) is 12.3 Å². The van der Waals surface area contributed by atoms with E-state index in [4.69, 9.17) is 9.47 Å². The molecular weight excluding hydrogens is 304 g/mol. The molecule has 138 valence electrons. The zero-order chi connectivity index (χ0) is 18.4. The third-order valence-electron chi connectivity index (χ3n) is 5.31. The van der Waals surface area contributed by atoms with Crippen LogP contribution in [0.1, 0.15) is 47.5 Å². The highest BCUT2D eigenvalue weighted by atomic mass is 16.5. The van der Waals surface area contributed by atoms with Crippen molar-refractivity contribution in [2.75, 3.05) is 7.11 Å². The van der Waals surface area contributed by atoms with Crippen LogP contribution in [0.3, 0.4) is 0 Å². The lowest BCUT2D eigenvalue weighted by Gasteiger charge is -2.34. The number of esters is 1. The Morgan fingerprint density at radius 2 is 2.00 bits per heavy atom. The fourth-order valence-corrected chi connectivity index (χ4v) is 3.68. The minimum Gasteiger partial charge on any atom is -0.458 e. The topological polar surface area (TPSA) is 55.8 Å². The van der Waals surface area contributed by atoms with Crippen LogP contribution in [0, 0.1) is 23.7 Å². The molecule has 1 N–H and O–H groups in total. The first kappa shape index (κ1) is 20.9. The zero-order valence-electron chi connectivity index (χ0n) is 16.0. The molecule has 0 aromatic carbocycles. The van der Waals surface area contributed by atoms with Gasteiger partial charge >= 0.3 is 5.97 Å². The van der Waals surface area contributed by atoms with E-state index in [-0.39, 0.29) is 35.9 Å². The number of carbonyl (C=O) groups is 1. The van der Waals surface area contributed by atoms with Gasteiger partial charge in [-0.3, -0.25) is 4.79 Å². The molecular formula is C20H34O4. The van der Waals surface area contributed by atoms with Gasteiger partial charge in [0.2, 0.25) is 0 Å². The Hall–Kier alpha value is -1.13. The Balaban J connectivity index is 2.86. The summed E-state index contributed by atoms with van der Waals surface area (Å²) in [5, 5.41) is 10.5. The third kappa shape index (κ3) is 5.18. The van der Waals surface area contributed by atoms with Crippen molar-refractivity contribution >= 4 is 5.97 Å². The van der Waals surface area contributed by atoms with Crippen LogP contribution < -0.4 is 0 Å². The summed E-state index contributed by atoms with van der Waals surface area (Å²) in [6.07, 6.45) is 4.48. The van der Waals surface area contributed by atoms with Gasteiger partial charge in [-0.15, -0.1) is 6.58 Å². The monoisotopic (exact) mass is 338 g/mol. The minimum absolute atomic E-state index is 0.00856. The number of aliphatic hydroxyl groups is 1. The van der Waals surface area contributed by atoms with Crippen LogP contribution in [-0.4, -0.2) is 36.5 Å². The van der Waals surface area contributed by atoms with Crippen molar-refractivity contribution in [2.24, 2.45) is 23.7 Å². The molecule has 0 aliphatic carbocycles. The number of cyclic esters (lactones) is 1. The molecule has 0 amide bonds. The molecule has 0 saturated carbocycles. The summed E-state index contributed by atoms with van der Waals surface area (Å²) in [7, 11) is 1.68. The van der Waals surface area contributed by atoms with E-state index in [1.54, 1.807) is 13.2 Å². The van der Waals surface area contributed by atoms with Crippen molar-refractivity contribution in [3.63, 3.8) is 0 Å². The van der Waals surface area contributed by atoms with Gasteiger partial charge in [-0.2, -0.15) is 0 Å². The van der Waals surface area contributed by atoms with Crippen LogP contribution in [0.15, 0.2) is 24.3 Å². The van der Waals surface area contributed by atoms with Crippen molar-refractivity contribution in [3.8, 4) is 0 Å². The van der Waals surface area contributed by atoms with Gasteiger partial charge in [-0.25, -0.2) is 0 Å². The predicted octanol–water partition coefficient (Wildman–Crippen LogP) is 3.74. The first-order chi connectivity index (χ1) is 11.2. The molecule has 0 radical (unpaired) electrons. The second-order valence-electron chi connectivity index (χ2n) is 7.34. The lowest BCUT2D eigenvalue weighted by atomic mass is 9.82. The van der Waals surface area contributed by atoms with E-state index < -0.39 is 6.10 Å². The molecule has 1 saturated heterocycles. The van der Waals surface area contributed by atoms with Crippen LogP contribution in [0.2, 0.25) is 0 Å². The van der Waals surface area contributed by atoms with Crippen molar-refractivity contribution in [1.29, 1.82) is 0 Å². The van der Waals surface area contributed by atoms with E-state index in [0.717, 1.165) is 12.0 Å².